The van der Waals surface area contributed by atoms with Gasteiger partial charge in [-0.15, -0.1) is 0 Å². The van der Waals surface area contributed by atoms with Gasteiger partial charge in [0.1, 0.15) is 6.04 Å². The zero-order chi connectivity index (χ0) is 15.1. The largest absolute Gasteiger partial charge is 0.548 e. The fourth-order valence-electron chi connectivity index (χ4n) is 1.50. The number of carbonyl (C=O) groups excluding carboxylic acids is 3. The molecule has 0 fully saturated rings. The Kier molecular flexibility index (Phi) is 5.66. The first-order chi connectivity index (χ1) is 9.40. The monoisotopic (exact) mass is 283 g/mol. The number of hydrogen-bond donors (Lipinski definition) is 3. The zero-order valence-electron chi connectivity index (χ0n) is 10.6. The van der Waals surface area contributed by atoms with Crippen molar-refractivity contribution < 1.29 is 30.3 Å². The number of H-pyrrole nitrogens is 1. The van der Waals surface area contributed by atoms with Crippen LogP contribution in [0.5, 0.6) is 0 Å². The van der Waals surface area contributed by atoms with Crippen molar-refractivity contribution in [1.29, 1.82) is 0 Å². The van der Waals surface area contributed by atoms with Crippen molar-refractivity contribution in [3.05, 3.63) is 18.2 Å². The smallest absolute Gasteiger partial charge is 0.220 e. The first-order valence-corrected chi connectivity index (χ1v) is 5.91. The topological polar surface area (TPSA) is 166 Å². The van der Waals surface area contributed by atoms with Crippen LogP contribution < -0.4 is 21.3 Å². The Morgan fingerprint density at radius 3 is 2.55 bits per heavy atom. The molecule has 0 saturated carbocycles. The third-order valence-corrected chi connectivity index (χ3v) is 2.65. The van der Waals surface area contributed by atoms with Gasteiger partial charge in [0.25, 0.3) is 0 Å². The summed E-state index contributed by atoms with van der Waals surface area (Å²) in [5.74, 6) is -3.38. The quantitative estimate of drug-likeness (QED) is 0.433. The number of carboxylic acid groups (broad SMARTS) is 2. The van der Waals surface area contributed by atoms with Crippen LogP contribution in [0, 0.1) is 0 Å². The molecule has 0 spiro atoms. The fourth-order valence-corrected chi connectivity index (χ4v) is 1.50. The maximum absolute atomic E-state index is 11.5. The maximum Gasteiger partial charge on any atom is 0.220 e. The number of carbonyl (C=O) groups is 3. The van der Waals surface area contributed by atoms with Gasteiger partial charge in [-0.05, 0) is 0 Å². The second kappa shape index (κ2) is 7.24. The third kappa shape index (κ3) is 5.06. The number of imidazole rings is 1. The normalized spacial score (nSPS) is 13.4. The van der Waals surface area contributed by atoms with E-state index in [1.165, 1.54) is 12.5 Å². The average molecular weight is 283 g/mol. The van der Waals surface area contributed by atoms with Crippen molar-refractivity contribution in [2.75, 3.05) is 0 Å². The summed E-state index contributed by atoms with van der Waals surface area (Å²) in [6, 6.07) is -2.23. The van der Waals surface area contributed by atoms with Crippen molar-refractivity contribution in [3.8, 4) is 0 Å². The van der Waals surface area contributed by atoms with Gasteiger partial charge in [-0.25, -0.2) is 4.98 Å². The number of amides is 1. The number of nitrogens with one attached hydrogen (secondary N) is 2. The van der Waals surface area contributed by atoms with E-state index in [9.17, 15) is 24.6 Å². The highest BCUT2D eigenvalue weighted by atomic mass is 16.4. The Balaban J connectivity index is 2.47. The average Bonchev–Trinajstić information content (AvgIpc) is 2.87. The number of nitrogens with zero attached hydrogens (tertiary/aromatic N) is 1. The van der Waals surface area contributed by atoms with E-state index in [4.69, 9.17) is 0 Å². The number of aliphatic carboxylic acids is 2. The molecule has 0 aliphatic carbocycles. The third-order valence-electron chi connectivity index (χ3n) is 2.65. The Labute approximate surface area is 114 Å². The van der Waals surface area contributed by atoms with Crippen molar-refractivity contribution >= 4 is 17.8 Å². The SMILES string of the molecule is [NH3+][C@@H](CCC(=O)N[C@@H](Cc1cnc[nH]1)C(=O)[O-])C(=O)[O-]. The molecular formula is C11H15N4O5-. The number of aromatic amines is 1. The van der Waals surface area contributed by atoms with Gasteiger partial charge in [0.05, 0.1) is 24.3 Å². The first kappa shape index (κ1) is 15.6. The van der Waals surface area contributed by atoms with Crippen LogP contribution in [-0.4, -0.2) is 39.9 Å². The number of rotatable bonds is 8. The van der Waals surface area contributed by atoms with Crippen molar-refractivity contribution in [2.24, 2.45) is 0 Å². The minimum atomic E-state index is -1.43. The maximum atomic E-state index is 11.5. The molecule has 2 atom stereocenters. The molecule has 1 amide bonds. The summed E-state index contributed by atoms with van der Waals surface area (Å²) >= 11 is 0. The summed E-state index contributed by atoms with van der Waals surface area (Å²) in [6.07, 6.45) is 2.64. The molecule has 9 nitrogen and oxygen atoms in total. The van der Waals surface area contributed by atoms with Crippen LogP contribution in [0.1, 0.15) is 18.5 Å². The lowest BCUT2D eigenvalue weighted by molar-refractivity contribution is -0.438. The molecule has 1 rings (SSSR count). The molecule has 0 unspecified atom stereocenters. The molecule has 1 heterocycles. The van der Waals surface area contributed by atoms with E-state index in [0.29, 0.717) is 5.69 Å². The van der Waals surface area contributed by atoms with E-state index in [-0.39, 0.29) is 19.3 Å². The number of aromatic nitrogens is 2. The highest BCUT2D eigenvalue weighted by Gasteiger charge is 2.16. The summed E-state index contributed by atoms with van der Waals surface area (Å²) in [7, 11) is 0. The van der Waals surface area contributed by atoms with Crippen LogP contribution in [-0.2, 0) is 20.8 Å². The zero-order valence-corrected chi connectivity index (χ0v) is 10.6. The second-order valence-electron chi connectivity index (χ2n) is 4.27. The molecule has 0 aliphatic rings. The van der Waals surface area contributed by atoms with Crippen LogP contribution in [0.25, 0.3) is 0 Å². The summed E-state index contributed by atoms with van der Waals surface area (Å²) < 4.78 is 0. The van der Waals surface area contributed by atoms with Crippen molar-refractivity contribution in [1.82, 2.24) is 15.3 Å². The van der Waals surface area contributed by atoms with Gasteiger partial charge in [0.2, 0.25) is 5.91 Å². The van der Waals surface area contributed by atoms with Crippen LogP contribution >= 0.6 is 0 Å². The van der Waals surface area contributed by atoms with E-state index in [2.05, 4.69) is 21.0 Å². The lowest BCUT2D eigenvalue weighted by Gasteiger charge is -2.19. The number of quaternary nitrogens is 1. The van der Waals surface area contributed by atoms with Gasteiger partial charge in [0.15, 0.2) is 0 Å². The number of hydrogen-bond acceptors (Lipinski definition) is 6. The molecule has 0 aromatic carbocycles. The molecule has 0 bridgehead atoms. The Morgan fingerprint density at radius 1 is 1.35 bits per heavy atom. The molecule has 5 N–H and O–H groups in total. The Bertz CT molecular complexity index is 473. The molecule has 0 radical (unpaired) electrons. The van der Waals surface area contributed by atoms with Gasteiger partial charge in [-0.3, -0.25) is 4.79 Å². The second-order valence-corrected chi connectivity index (χ2v) is 4.27. The number of carboxylic acids is 2. The molecule has 9 heteroatoms. The summed E-state index contributed by atoms with van der Waals surface area (Å²) in [5, 5.41) is 23.6. The lowest BCUT2D eigenvalue weighted by atomic mass is 10.1. The molecule has 0 saturated heterocycles. The molecule has 0 aliphatic heterocycles. The molecule has 1 aromatic heterocycles. The highest BCUT2D eigenvalue weighted by Crippen LogP contribution is 2.00. The summed E-state index contributed by atoms with van der Waals surface area (Å²) in [6.45, 7) is 0. The lowest BCUT2D eigenvalue weighted by Crippen LogP contribution is -2.68. The van der Waals surface area contributed by atoms with E-state index in [0.717, 1.165) is 0 Å². The van der Waals surface area contributed by atoms with E-state index in [1.807, 2.05) is 0 Å². The van der Waals surface area contributed by atoms with E-state index < -0.39 is 29.9 Å². The van der Waals surface area contributed by atoms with E-state index in [1.54, 1.807) is 0 Å². The van der Waals surface area contributed by atoms with Crippen molar-refractivity contribution in [3.63, 3.8) is 0 Å². The molecule has 1 aromatic rings. The van der Waals surface area contributed by atoms with E-state index >= 15 is 0 Å². The van der Waals surface area contributed by atoms with Gasteiger partial charge in [-0.2, -0.15) is 0 Å². The van der Waals surface area contributed by atoms with Gasteiger partial charge in [-0.1, -0.05) is 0 Å². The minimum absolute atomic E-state index is 0.00234. The fraction of sp³-hybridized carbons (Fsp3) is 0.455. The van der Waals surface area contributed by atoms with Crippen LogP contribution in [0.3, 0.4) is 0 Å². The Hall–Kier alpha value is -2.42. The van der Waals surface area contributed by atoms with Gasteiger partial charge >= 0.3 is 0 Å². The first-order valence-electron chi connectivity index (χ1n) is 5.91. The van der Waals surface area contributed by atoms with Crippen LogP contribution in [0.2, 0.25) is 0 Å². The standard InChI is InChI=1S/C11H16N4O5/c12-7(10(17)18)1-2-9(16)15-8(11(19)20)3-6-4-13-5-14-6/h4-5,7-8H,1-3,12H2,(H,13,14)(H,15,16)(H,17,18)(H,19,20)/p-1/t7-,8-/m0/s1. The summed E-state index contributed by atoms with van der Waals surface area (Å²) in [5.41, 5.74) is 3.83. The summed E-state index contributed by atoms with van der Waals surface area (Å²) in [4.78, 5) is 39.4. The minimum Gasteiger partial charge on any atom is -0.548 e. The predicted molar refractivity (Wildman–Crippen MR) is 60.1 cm³/mol. The van der Waals surface area contributed by atoms with Crippen LogP contribution in [0.15, 0.2) is 12.5 Å². The Morgan fingerprint density at radius 2 is 2.05 bits per heavy atom. The molecular weight excluding hydrogens is 268 g/mol. The predicted octanol–water partition coefficient (Wildman–Crippen LogP) is -4.67. The van der Waals surface area contributed by atoms with Gasteiger partial charge in [0, 0.05) is 31.2 Å². The molecule has 110 valence electrons. The van der Waals surface area contributed by atoms with Gasteiger partial charge < -0.3 is 35.8 Å². The highest BCUT2D eigenvalue weighted by molar-refractivity contribution is 5.83. The van der Waals surface area contributed by atoms with Crippen molar-refractivity contribution in [2.45, 2.75) is 31.3 Å². The molecule has 20 heavy (non-hydrogen) atoms. The van der Waals surface area contributed by atoms with Crippen LogP contribution in [0.4, 0.5) is 0 Å².